The van der Waals surface area contributed by atoms with E-state index in [0.29, 0.717) is 6.04 Å². The van der Waals surface area contributed by atoms with Crippen LogP contribution < -0.4 is 5.73 Å². The van der Waals surface area contributed by atoms with E-state index in [9.17, 15) is 0 Å². The molecule has 2 N–H and O–H groups in total. The smallest absolute Gasteiger partial charge is 0.0462 e. The van der Waals surface area contributed by atoms with E-state index in [4.69, 9.17) is 10.5 Å². The van der Waals surface area contributed by atoms with E-state index in [1.54, 1.807) is 7.11 Å². The monoisotopic (exact) mass is 173 g/mol. The molecule has 0 saturated carbocycles. The van der Waals surface area contributed by atoms with Gasteiger partial charge in [-0.15, -0.1) is 0 Å². The molecule has 0 saturated heterocycles. The van der Waals surface area contributed by atoms with Gasteiger partial charge in [-0.25, -0.2) is 0 Å². The van der Waals surface area contributed by atoms with E-state index in [2.05, 4.69) is 6.92 Å². The summed E-state index contributed by atoms with van der Waals surface area (Å²) < 4.78 is 4.96. The van der Waals surface area contributed by atoms with Gasteiger partial charge in [0, 0.05) is 19.8 Å². The summed E-state index contributed by atoms with van der Waals surface area (Å²) in [6.07, 6.45) is 7.27. The highest BCUT2D eigenvalue weighted by Gasteiger charge is 2.00. The Labute approximate surface area is 76.5 Å². The molecule has 1 atom stereocenters. The van der Waals surface area contributed by atoms with Crippen molar-refractivity contribution in [3.8, 4) is 0 Å². The van der Waals surface area contributed by atoms with Crippen LogP contribution in [0.15, 0.2) is 0 Å². The van der Waals surface area contributed by atoms with Crippen molar-refractivity contribution in [1.82, 2.24) is 0 Å². The first-order chi connectivity index (χ1) is 5.81. The summed E-state index contributed by atoms with van der Waals surface area (Å²) in [5.41, 5.74) is 5.90. The number of ether oxygens (including phenoxy) is 1. The van der Waals surface area contributed by atoms with Gasteiger partial charge in [-0.3, -0.25) is 0 Å². The molecule has 74 valence electrons. The molecule has 0 aromatic rings. The molecule has 2 nitrogen and oxygen atoms in total. The lowest BCUT2D eigenvalue weighted by molar-refractivity contribution is 0.190. The molecular formula is C10H23NO. The SMILES string of the molecule is CCCCCC(N)CCCOC. The average molecular weight is 173 g/mol. The summed E-state index contributed by atoms with van der Waals surface area (Å²) in [4.78, 5) is 0. The highest BCUT2D eigenvalue weighted by atomic mass is 16.5. The van der Waals surface area contributed by atoms with Crippen molar-refractivity contribution in [2.24, 2.45) is 5.73 Å². The standard InChI is InChI=1S/C10H23NO/c1-3-4-5-7-10(11)8-6-9-12-2/h10H,3-9,11H2,1-2H3. The van der Waals surface area contributed by atoms with Gasteiger partial charge in [-0.2, -0.15) is 0 Å². The van der Waals surface area contributed by atoms with E-state index >= 15 is 0 Å². The Balaban J connectivity index is 3.04. The van der Waals surface area contributed by atoms with Gasteiger partial charge in [0.2, 0.25) is 0 Å². The van der Waals surface area contributed by atoms with Crippen LogP contribution in [-0.4, -0.2) is 19.8 Å². The van der Waals surface area contributed by atoms with Crippen LogP contribution in [0.1, 0.15) is 45.4 Å². The van der Waals surface area contributed by atoms with Crippen LogP contribution in [0.25, 0.3) is 0 Å². The quantitative estimate of drug-likeness (QED) is 0.572. The van der Waals surface area contributed by atoms with Crippen molar-refractivity contribution in [1.29, 1.82) is 0 Å². The molecule has 2 heteroatoms. The first kappa shape index (κ1) is 11.9. The molecule has 1 unspecified atom stereocenters. The number of unbranched alkanes of at least 4 members (excludes halogenated alkanes) is 2. The van der Waals surface area contributed by atoms with E-state index in [1.165, 1.54) is 25.7 Å². The van der Waals surface area contributed by atoms with Crippen molar-refractivity contribution in [3.63, 3.8) is 0 Å². The lowest BCUT2D eigenvalue weighted by Crippen LogP contribution is -2.20. The maximum Gasteiger partial charge on any atom is 0.0462 e. The largest absolute Gasteiger partial charge is 0.385 e. The molecule has 0 amide bonds. The zero-order valence-corrected chi connectivity index (χ0v) is 8.51. The Hall–Kier alpha value is -0.0800. The minimum absolute atomic E-state index is 0.395. The molecule has 0 fully saturated rings. The second-order valence-electron chi connectivity index (χ2n) is 3.39. The van der Waals surface area contributed by atoms with Crippen LogP contribution in [0, 0.1) is 0 Å². The van der Waals surface area contributed by atoms with E-state index in [1.807, 2.05) is 0 Å². The maximum atomic E-state index is 5.90. The number of rotatable bonds is 8. The summed E-state index contributed by atoms with van der Waals surface area (Å²) in [7, 11) is 1.74. The van der Waals surface area contributed by atoms with Crippen LogP contribution in [0.4, 0.5) is 0 Å². The molecule has 0 aromatic carbocycles. The van der Waals surface area contributed by atoms with Gasteiger partial charge in [0.15, 0.2) is 0 Å². The molecule has 0 radical (unpaired) electrons. The molecule has 0 spiro atoms. The molecular weight excluding hydrogens is 150 g/mol. The lowest BCUT2D eigenvalue weighted by atomic mass is 10.1. The van der Waals surface area contributed by atoms with Gasteiger partial charge in [0.1, 0.15) is 0 Å². The maximum absolute atomic E-state index is 5.90. The molecule has 0 bridgehead atoms. The van der Waals surface area contributed by atoms with Crippen LogP contribution in [0.2, 0.25) is 0 Å². The highest BCUT2D eigenvalue weighted by molar-refractivity contribution is 4.60. The Morgan fingerprint density at radius 1 is 1.17 bits per heavy atom. The third-order valence-electron chi connectivity index (χ3n) is 2.10. The first-order valence-electron chi connectivity index (χ1n) is 5.05. The molecule has 0 aliphatic rings. The normalized spacial score (nSPS) is 13.2. The summed E-state index contributed by atoms with van der Waals surface area (Å²) in [5, 5.41) is 0. The van der Waals surface area contributed by atoms with Crippen molar-refractivity contribution in [2.45, 2.75) is 51.5 Å². The number of nitrogens with two attached hydrogens (primary N) is 1. The summed E-state index contributed by atoms with van der Waals surface area (Å²) in [6.45, 7) is 3.07. The van der Waals surface area contributed by atoms with E-state index in [-0.39, 0.29) is 0 Å². The third-order valence-corrected chi connectivity index (χ3v) is 2.10. The Kier molecular flexibility index (Phi) is 8.95. The van der Waals surface area contributed by atoms with Crippen molar-refractivity contribution < 1.29 is 4.74 Å². The Morgan fingerprint density at radius 3 is 2.42 bits per heavy atom. The number of methoxy groups -OCH3 is 1. The van der Waals surface area contributed by atoms with Crippen molar-refractivity contribution in [2.75, 3.05) is 13.7 Å². The van der Waals surface area contributed by atoms with E-state index in [0.717, 1.165) is 19.4 Å². The molecule has 0 heterocycles. The zero-order valence-electron chi connectivity index (χ0n) is 8.51. The highest BCUT2D eigenvalue weighted by Crippen LogP contribution is 2.05. The predicted octanol–water partition coefficient (Wildman–Crippen LogP) is 2.32. The third kappa shape index (κ3) is 8.02. The fraction of sp³-hybridized carbons (Fsp3) is 1.00. The Morgan fingerprint density at radius 2 is 1.83 bits per heavy atom. The lowest BCUT2D eigenvalue weighted by Gasteiger charge is -2.09. The second kappa shape index (κ2) is 9.01. The van der Waals surface area contributed by atoms with Crippen molar-refractivity contribution >= 4 is 0 Å². The molecule has 12 heavy (non-hydrogen) atoms. The van der Waals surface area contributed by atoms with Gasteiger partial charge in [-0.05, 0) is 19.3 Å². The fourth-order valence-electron chi connectivity index (χ4n) is 1.29. The summed E-state index contributed by atoms with van der Waals surface area (Å²) in [5.74, 6) is 0. The first-order valence-corrected chi connectivity index (χ1v) is 5.05. The van der Waals surface area contributed by atoms with Gasteiger partial charge in [0.05, 0.1) is 0 Å². The Bertz CT molecular complexity index is 75.9. The molecule has 0 aliphatic carbocycles. The minimum atomic E-state index is 0.395. The fourth-order valence-corrected chi connectivity index (χ4v) is 1.29. The van der Waals surface area contributed by atoms with Gasteiger partial charge in [0.25, 0.3) is 0 Å². The predicted molar refractivity (Wildman–Crippen MR) is 53.2 cm³/mol. The van der Waals surface area contributed by atoms with Crippen LogP contribution >= 0.6 is 0 Å². The molecule has 0 aromatic heterocycles. The molecule has 0 aliphatic heterocycles. The van der Waals surface area contributed by atoms with Gasteiger partial charge in [-0.1, -0.05) is 26.2 Å². The number of hydrogen-bond donors (Lipinski definition) is 1. The van der Waals surface area contributed by atoms with Crippen LogP contribution in [0.5, 0.6) is 0 Å². The molecule has 0 rings (SSSR count). The van der Waals surface area contributed by atoms with E-state index < -0.39 is 0 Å². The van der Waals surface area contributed by atoms with Gasteiger partial charge < -0.3 is 10.5 Å². The van der Waals surface area contributed by atoms with Crippen LogP contribution in [-0.2, 0) is 4.74 Å². The second-order valence-corrected chi connectivity index (χ2v) is 3.39. The van der Waals surface area contributed by atoms with Gasteiger partial charge >= 0.3 is 0 Å². The van der Waals surface area contributed by atoms with Crippen molar-refractivity contribution in [3.05, 3.63) is 0 Å². The zero-order chi connectivity index (χ0) is 9.23. The van der Waals surface area contributed by atoms with Crippen LogP contribution in [0.3, 0.4) is 0 Å². The minimum Gasteiger partial charge on any atom is -0.385 e. The number of hydrogen-bond acceptors (Lipinski definition) is 2. The summed E-state index contributed by atoms with van der Waals surface area (Å²) >= 11 is 0. The average Bonchev–Trinajstić information content (AvgIpc) is 2.06. The summed E-state index contributed by atoms with van der Waals surface area (Å²) in [6, 6.07) is 0.395. The topological polar surface area (TPSA) is 35.2 Å².